The molecule has 2 aromatic rings. The number of nitrogens with one attached hydrogen (secondary N) is 4. The number of ether oxygens (including phenoxy) is 20. The van der Waals surface area contributed by atoms with Crippen molar-refractivity contribution in [2.45, 2.75) is 360 Å². The monoisotopic (exact) mass is 2100 g/mol. The first kappa shape index (κ1) is 111. The number of nitrogens with zero attached hydrogens (tertiary/aromatic N) is 2. The van der Waals surface area contributed by atoms with Gasteiger partial charge in [0.15, 0.2) is 72.9 Å². The fraction of sp³-hybridized carbons (Fsp3) is 0.776. The summed E-state index contributed by atoms with van der Waals surface area (Å²) in [6, 6.07) is -1.37. The van der Waals surface area contributed by atoms with Crippen molar-refractivity contribution in [1.29, 1.82) is 0 Å². The highest BCUT2D eigenvalue weighted by Crippen LogP contribution is 2.68. The molecule has 2 spiro atoms. The molecule has 12 unspecified atom stereocenters. The quantitative estimate of drug-likeness (QED) is 0.0168. The van der Waals surface area contributed by atoms with E-state index < -0.39 is 294 Å². The molecule has 148 heavy (non-hydrogen) atoms. The lowest BCUT2D eigenvalue weighted by atomic mass is 9.50. The van der Waals surface area contributed by atoms with E-state index in [9.17, 15) is 110 Å². The number of aliphatic hydroxyl groups is 15. The van der Waals surface area contributed by atoms with Crippen LogP contribution in [0.1, 0.15) is 139 Å². The molecule has 8 saturated heterocycles. The number of benzene rings is 2. The number of amides is 4. The third-order valence-electron chi connectivity index (χ3n) is 32.5. The van der Waals surface area contributed by atoms with Crippen LogP contribution < -0.4 is 46.9 Å². The summed E-state index contributed by atoms with van der Waals surface area (Å²) in [5.74, 6) is -0.264. The Morgan fingerprint density at radius 2 is 0.797 bits per heavy atom. The molecule has 0 radical (unpaired) electrons. The molecular weight excluding hydrogens is 1960 g/mol. The molecule has 4 bridgehead atoms. The Balaban J connectivity index is 0.000000202. The normalized spacial score (nSPS) is 40.3. The lowest BCUT2D eigenvalue weighted by Gasteiger charge is -2.62. The smallest absolute Gasteiger partial charge is 0.509 e. The van der Waals surface area contributed by atoms with Gasteiger partial charge in [-0.15, -0.1) is 0 Å². The Hall–Kier alpha value is -7.74. The Labute approximate surface area is 852 Å². The van der Waals surface area contributed by atoms with E-state index in [2.05, 4.69) is 31.1 Å². The number of carbonyl (C=O) groups is 6. The molecule has 2 aromatic carbocycles. The van der Waals surface area contributed by atoms with Gasteiger partial charge in [-0.05, 0) is 150 Å². The lowest BCUT2D eigenvalue weighted by molar-refractivity contribution is -0.352. The predicted molar refractivity (Wildman–Crippen MR) is 499 cm³/mol. The summed E-state index contributed by atoms with van der Waals surface area (Å²) in [5, 5.41) is 188. The van der Waals surface area contributed by atoms with Crippen LogP contribution in [0, 0.1) is 11.8 Å². The Kier molecular flexibility index (Phi) is 35.3. The van der Waals surface area contributed by atoms with Crippen molar-refractivity contribution < 1.29 is 205 Å². The fourth-order valence-electron chi connectivity index (χ4n) is 24.8. The van der Waals surface area contributed by atoms with E-state index in [4.69, 9.17) is 106 Å². The maximum absolute atomic E-state index is 13.7. The van der Waals surface area contributed by atoms with Crippen LogP contribution >= 0.6 is 0 Å². The first-order valence-corrected chi connectivity index (χ1v) is 51.1. The van der Waals surface area contributed by atoms with Gasteiger partial charge in [-0.25, -0.2) is 9.59 Å². The maximum Gasteiger partial charge on any atom is 0.513 e. The molecule has 0 aromatic heterocycles. The van der Waals surface area contributed by atoms with Crippen LogP contribution in [0.2, 0.25) is 0 Å². The van der Waals surface area contributed by atoms with Gasteiger partial charge in [0.1, 0.15) is 146 Å². The van der Waals surface area contributed by atoms with Crippen molar-refractivity contribution in [2.24, 2.45) is 23.3 Å². The zero-order valence-corrected chi connectivity index (χ0v) is 83.3. The number of piperidine rings is 2. The van der Waals surface area contributed by atoms with Gasteiger partial charge in [0.25, 0.3) is 0 Å². The lowest BCUT2D eigenvalue weighted by Crippen LogP contribution is -2.75. The summed E-state index contributed by atoms with van der Waals surface area (Å²) in [6.07, 6.45) is -25.6. The van der Waals surface area contributed by atoms with Crippen LogP contribution in [-0.2, 0) is 123 Å². The molecule has 2 saturated carbocycles. The van der Waals surface area contributed by atoms with Gasteiger partial charge in [-0.3, -0.25) is 29.0 Å². The summed E-state index contributed by atoms with van der Waals surface area (Å²) in [7, 11) is 5.12. The molecule has 24 N–H and O–H groups in total. The number of likely N-dealkylation sites (tertiary alicyclic amines) is 2. The minimum atomic E-state index is -1.81. The third kappa shape index (κ3) is 21.5. The highest BCUT2D eigenvalue weighted by atomic mass is 16.8. The van der Waals surface area contributed by atoms with Crippen molar-refractivity contribution in [3.05, 3.63) is 70.2 Å². The molecule has 38 atom stereocenters. The number of methoxy groups -OCH3 is 4. The molecule has 10 heterocycles. The van der Waals surface area contributed by atoms with Crippen molar-refractivity contribution in [2.75, 3.05) is 107 Å². The summed E-state index contributed by atoms with van der Waals surface area (Å²) >= 11 is 0. The molecule has 18 rings (SSSR count). The Morgan fingerprint density at radius 3 is 1.20 bits per heavy atom. The van der Waals surface area contributed by atoms with Crippen LogP contribution in [0.3, 0.4) is 0 Å². The van der Waals surface area contributed by atoms with E-state index in [-0.39, 0.29) is 86.8 Å². The molecule has 828 valence electrons. The van der Waals surface area contributed by atoms with Crippen LogP contribution in [0.5, 0.6) is 23.0 Å². The van der Waals surface area contributed by atoms with E-state index in [1.807, 2.05) is 12.1 Å². The van der Waals surface area contributed by atoms with Crippen molar-refractivity contribution in [3.8, 4) is 23.0 Å². The van der Waals surface area contributed by atoms with Gasteiger partial charge in [0, 0.05) is 104 Å². The van der Waals surface area contributed by atoms with Gasteiger partial charge in [0.05, 0.1) is 87.0 Å². The topological polar surface area (TPSA) is 717 Å². The number of phenols is 1. The number of carbonyl (C=O) groups excluding carboxylic acids is 6. The van der Waals surface area contributed by atoms with E-state index in [0.29, 0.717) is 74.7 Å². The molecule has 4 amide bonds. The number of hydrogen-bond acceptors (Lipinski definition) is 46. The van der Waals surface area contributed by atoms with Crippen molar-refractivity contribution in [3.63, 3.8) is 0 Å². The number of aromatic hydroxyl groups is 1. The summed E-state index contributed by atoms with van der Waals surface area (Å²) in [4.78, 5) is 83.1. The van der Waals surface area contributed by atoms with Gasteiger partial charge >= 0.3 is 12.3 Å². The van der Waals surface area contributed by atoms with Crippen molar-refractivity contribution in [1.82, 2.24) is 31.1 Å². The second kappa shape index (κ2) is 46.9. The fourth-order valence-corrected chi connectivity index (χ4v) is 24.8. The number of hydrogen-bond donors (Lipinski definition) is 22. The second-order valence-corrected chi connectivity index (χ2v) is 41.5. The number of rotatable bonds is 40. The van der Waals surface area contributed by atoms with Gasteiger partial charge in [-0.1, -0.05) is 12.1 Å². The zero-order valence-electron chi connectivity index (χ0n) is 83.3. The molecule has 10 aliphatic heterocycles. The average molecular weight is 2110 g/mol. The molecule has 6 aliphatic carbocycles. The minimum Gasteiger partial charge on any atom is -0.509 e. The van der Waals surface area contributed by atoms with E-state index in [0.717, 1.165) is 48.4 Å². The number of phenolic OH excluding ortho intramolecular Hbond substituents is 1. The van der Waals surface area contributed by atoms with Gasteiger partial charge in [-0.2, -0.15) is 0 Å². The second-order valence-electron chi connectivity index (χ2n) is 41.5. The summed E-state index contributed by atoms with van der Waals surface area (Å²) in [5.41, 5.74) is 11.6. The Morgan fingerprint density at radius 1 is 0.432 bits per heavy atom. The number of aliphatic hydroxyl groups excluding tert-OH is 13. The van der Waals surface area contributed by atoms with E-state index >= 15 is 0 Å². The van der Waals surface area contributed by atoms with Gasteiger partial charge in [0.2, 0.25) is 23.6 Å². The largest absolute Gasteiger partial charge is 0.513 e. The molecule has 50 nitrogen and oxygen atoms in total. The van der Waals surface area contributed by atoms with Crippen LogP contribution in [0.25, 0.3) is 0 Å². The van der Waals surface area contributed by atoms with Gasteiger partial charge < -0.3 is 209 Å². The first-order chi connectivity index (χ1) is 71.0. The highest BCUT2D eigenvalue weighted by Gasteiger charge is 2.75. The first-order valence-electron chi connectivity index (χ1n) is 51.1. The van der Waals surface area contributed by atoms with E-state index in [1.54, 1.807) is 24.3 Å². The Bertz CT molecular complexity index is 5010. The average Bonchev–Trinajstić information content (AvgIpc) is 1.48. The highest BCUT2D eigenvalue weighted by molar-refractivity contribution is 5.77. The van der Waals surface area contributed by atoms with Crippen LogP contribution in [0.4, 0.5) is 9.59 Å². The predicted octanol–water partition coefficient (Wildman–Crippen LogP) is -5.49. The van der Waals surface area contributed by atoms with Crippen molar-refractivity contribution >= 4 is 35.9 Å². The molecule has 50 heteroatoms. The summed E-state index contributed by atoms with van der Waals surface area (Å²) in [6.45, 7) is 1.20. The third-order valence-corrected chi connectivity index (χ3v) is 32.5. The molecule has 10 fully saturated rings. The van der Waals surface area contributed by atoms with E-state index in [1.165, 1.54) is 68.0 Å². The number of unbranched alkanes of at least 4 members (excludes halogenated alkanes) is 4. The number of nitrogens with two attached hydrogens (primary N) is 2. The standard InChI is InChI=1S/2C49H72N4O21/c1-22(57)51-34-37(61)40(65-2)27(19-54)69-45(34)74-42-29(21-56)70-46(73-41-28(20-55)68-44(66-3)33(50)36(41)60)35(38(42)62)52-31(59)7-5-4-6-16-67-47(63)71-26-11-10-24-17-30-49(64)13-12-25(58)43-48(49,32(24)39(26)72-43)14-15-53(30)18-23-8-9-23;1-22(57)51-34-37(61)40(65-2)27(19-54)69-45(34)74-42-29(21-56)70-46(73-41-28(20-55)68-44(66-3)33(50)36(41)60)35(38(42)62)52-31(59)7-5-4-6-16-67-47(63)71-26-12-13-49(64)30-17-24-10-11-25(58)39-32(24)48(49,43(26)72-39)14-15-53(30)18-23-8-9-23/h2*10-12,23,27-30,33-38,40-46,54-56,58,60-62,64H,4-9,13-21,50H2,1-3H3,(H,51,57)(H,52,59)/t2*27?,28?,29?,30-,33?,34?,35?,36-,37-,38-,40-,41-,42-,43+,44-,45+,46+,48+,49-/m11/s1. The molecule has 16 aliphatic rings. The SMILES string of the molecule is CO[C@@H]1OC(CO)[C@@H](O[C@@H]2OC(CO)[C@@H](O[C@@H]3OC(CO)[C@@H](OC)[C@H](O)C3NC(C)=O)[C@H](O)C2NC(=O)CCCCCOC(=O)OC2=CC[C@@]3(O)[C@H]4Cc5ccc(O)c6c5[C@@]3(CCN4CC3CC3)[C@H]2O6)[C@H](O)C1N.CO[C@@H]1OC(CO)[C@@H](O[C@@H]2OC(CO)[C@@H](O[C@@H]3OC(CO)[C@@H](OC)[C@H](O)C3NC(C)=O)[C@H](O)C2NC(=O)CCCCCOC(=O)Oc2ccc3c4c2O[C@H]2C(O)=CC[C@@]5(O)[C@@H](C3)N(CC3CC3)CC[C@]425)[C@H](O)C1N. The minimum absolute atomic E-state index is 0.0418. The zero-order chi connectivity index (χ0) is 106. The van der Waals surface area contributed by atoms with Crippen LogP contribution in [-0.4, -0.2) is 454 Å². The molecular formula is C98H144N8O42. The van der Waals surface area contributed by atoms with Crippen LogP contribution in [0.15, 0.2) is 47.9 Å². The maximum atomic E-state index is 13.7. The summed E-state index contributed by atoms with van der Waals surface area (Å²) < 4.78 is 116.